The molecule has 0 aliphatic carbocycles. The highest BCUT2D eigenvalue weighted by Gasteiger charge is 2.17. The third-order valence-electron chi connectivity index (χ3n) is 2.45. The molecule has 1 aliphatic rings. The molecule has 0 aromatic carbocycles. The normalized spacial score (nSPS) is 24.9. The number of alkyl halides is 1. The van der Waals surface area contributed by atoms with E-state index in [-0.39, 0.29) is 4.83 Å². The molecule has 2 unspecified atom stereocenters. The van der Waals surface area contributed by atoms with E-state index >= 15 is 0 Å². The highest BCUT2D eigenvalue weighted by atomic mass is 79.9. The summed E-state index contributed by atoms with van der Waals surface area (Å²) in [7, 11) is 0. The summed E-state index contributed by atoms with van der Waals surface area (Å²) < 4.78 is 7.33. The molecule has 0 amide bonds. The van der Waals surface area contributed by atoms with Gasteiger partial charge in [0.15, 0.2) is 0 Å². The maximum Gasteiger partial charge on any atom is 0.0960 e. The van der Waals surface area contributed by atoms with Crippen LogP contribution in [0.2, 0.25) is 0 Å². The summed E-state index contributed by atoms with van der Waals surface area (Å²) in [5.74, 6) is 0. The molecule has 78 valence electrons. The number of hydrogen-bond donors (Lipinski definition) is 0. The van der Waals surface area contributed by atoms with Crippen LogP contribution in [0, 0.1) is 0 Å². The van der Waals surface area contributed by atoms with Crippen molar-refractivity contribution in [2.75, 3.05) is 13.2 Å². The van der Waals surface area contributed by atoms with Gasteiger partial charge in [0, 0.05) is 12.8 Å². The zero-order valence-electron chi connectivity index (χ0n) is 8.19. The molecule has 1 saturated heterocycles. The Balaban J connectivity index is 2.07. The van der Waals surface area contributed by atoms with E-state index in [1.54, 1.807) is 0 Å². The monoisotopic (exact) mass is 259 g/mol. The van der Waals surface area contributed by atoms with Crippen molar-refractivity contribution in [2.45, 2.75) is 30.6 Å². The number of hydrogen-bond acceptors (Lipinski definition) is 3. The van der Waals surface area contributed by atoms with E-state index in [4.69, 9.17) is 4.74 Å². The van der Waals surface area contributed by atoms with Crippen LogP contribution in [0.1, 0.15) is 36.3 Å². The molecule has 1 fully saturated rings. The van der Waals surface area contributed by atoms with Gasteiger partial charge in [-0.15, -0.1) is 5.10 Å². The van der Waals surface area contributed by atoms with Crippen molar-refractivity contribution < 1.29 is 4.74 Å². The minimum Gasteiger partial charge on any atom is -0.379 e. The van der Waals surface area contributed by atoms with Gasteiger partial charge in [0.25, 0.3) is 0 Å². The second-order valence-electron chi connectivity index (χ2n) is 3.61. The van der Waals surface area contributed by atoms with E-state index in [0.29, 0.717) is 6.04 Å². The van der Waals surface area contributed by atoms with Crippen LogP contribution in [0.5, 0.6) is 0 Å². The maximum atomic E-state index is 5.41. The summed E-state index contributed by atoms with van der Waals surface area (Å²) in [5, 5.41) is 8.22. The summed E-state index contributed by atoms with van der Waals surface area (Å²) in [4.78, 5) is 0.265. The third-order valence-corrected chi connectivity index (χ3v) is 2.92. The highest BCUT2D eigenvalue weighted by Crippen LogP contribution is 2.22. The first-order valence-corrected chi connectivity index (χ1v) is 5.82. The van der Waals surface area contributed by atoms with Gasteiger partial charge in [-0.3, -0.25) is 0 Å². The van der Waals surface area contributed by atoms with Crippen molar-refractivity contribution in [3.63, 3.8) is 0 Å². The van der Waals surface area contributed by atoms with E-state index in [1.807, 2.05) is 17.8 Å². The lowest BCUT2D eigenvalue weighted by Gasteiger charge is -2.21. The Morgan fingerprint density at radius 3 is 3.14 bits per heavy atom. The van der Waals surface area contributed by atoms with Crippen LogP contribution in [-0.2, 0) is 4.74 Å². The Morgan fingerprint density at radius 2 is 2.57 bits per heavy atom. The van der Waals surface area contributed by atoms with Crippen LogP contribution in [0.3, 0.4) is 0 Å². The lowest BCUT2D eigenvalue weighted by Crippen LogP contribution is -2.21. The molecule has 1 aromatic heterocycles. The van der Waals surface area contributed by atoms with Crippen molar-refractivity contribution in [1.29, 1.82) is 0 Å². The summed E-state index contributed by atoms with van der Waals surface area (Å²) in [6, 6.07) is 0.372. The van der Waals surface area contributed by atoms with Gasteiger partial charge in [-0.25, -0.2) is 4.68 Å². The average Bonchev–Trinajstić information content (AvgIpc) is 2.68. The highest BCUT2D eigenvalue weighted by molar-refractivity contribution is 9.09. The van der Waals surface area contributed by atoms with Gasteiger partial charge in [-0.2, -0.15) is 0 Å². The smallest absolute Gasteiger partial charge is 0.0960 e. The van der Waals surface area contributed by atoms with Gasteiger partial charge in [0.05, 0.1) is 23.2 Å². The predicted octanol–water partition coefficient (Wildman–Crippen LogP) is 2.09. The van der Waals surface area contributed by atoms with Crippen LogP contribution < -0.4 is 0 Å². The van der Waals surface area contributed by atoms with Crippen LogP contribution in [0.25, 0.3) is 0 Å². The first-order valence-electron chi connectivity index (χ1n) is 4.91. The van der Waals surface area contributed by atoms with E-state index in [0.717, 1.165) is 31.7 Å². The van der Waals surface area contributed by atoms with Crippen LogP contribution in [0.15, 0.2) is 6.20 Å². The Hall–Kier alpha value is -0.420. The number of aromatic nitrogens is 3. The van der Waals surface area contributed by atoms with Crippen molar-refractivity contribution in [2.24, 2.45) is 0 Å². The SMILES string of the molecule is CC(Br)c1cn(C2CCCOC2)nn1. The molecule has 0 radical (unpaired) electrons. The summed E-state index contributed by atoms with van der Waals surface area (Å²) >= 11 is 3.47. The average molecular weight is 260 g/mol. The van der Waals surface area contributed by atoms with Gasteiger partial charge in [0.2, 0.25) is 0 Å². The number of rotatable bonds is 2. The Kier molecular flexibility index (Phi) is 3.18. The van der Waals surface area contributed by atoms with Crippen LogP contribution in [0.4, 0.5) is 0 Å². The molecule has 0 N–H and O–H groups in total. The Bertz CT molecular complexity index is 294. The topological polar surface area (TPSA) is 39.9 Å². The first kappa shape index (κ1) is 10.1. The van der Waals surface area contributed by atoms with Crippen LogP contribution in [-0.4, -0.2) is 28.2 Å². The molecular formula is C9H14BrN3O. The van der Waals surface area contributed by atoms with Gasteiger partial charge in [-0.1, -0.05) is 21.1 Å². The molecule has 2 rings (SSSR count). The lowest BCUT2D eigenvalue weighted by atomic mass is 10.1. The van der Waals surface area contributed by atoms with Gasteiger partial charge >= 0.3 is 0 Å². The molecule has 2 atom stereocenters. The van der Waals surface area contributed by atoms with E-state index < -0.39 is 0 Å². The van der Waals surface area contributed by atoms with Crippen molar-refractivity contribution >= 4 is 15.9 Å². The number of nitrogens with zero attached hydrogens (tertiary/aromatic N) is 3. The van der Waals surface area contributed by atoms with Gasteiger partial charge < -0.3 is 4.74 Å². The fourth-order valence-corrected chi connectivity index (χ4v) is 1.79. The van der Waals surface area contributed by atoms with Crippen molar-refractivity contribution in [1.82, 2.24) is 15.0 Å². The van der Waals surface area contributed by atoms with Crippen molar-refractivity contribution in [3.05, 3.63) is 11.9 Å². The van der Waals surface area contributed by atoms with Gasteiger partial charge in [0.1, 0.15) is 0 Å². The fourth-order valence-electron chi connectivity index (χ4n) is 1.58. The summed E-state index contributed by atoms with van der Waals surface area (Å²) in [6.07, 6.45) is 4.25. The molecule has 5 heteroatoms. The van der Waals surface area contributed by atoms with E-state index in [1.165, 1.54) is 0 Å². The predicted molar refractivity (Wildman–Crippen MR) is 56.5 cm³/mol. The van der Waals surface area contributed by atoms with Crippen molar-refractivity contribution in [3.8, 4) is 0 Å². The minimum absolute atomic E-state index is 0.265. The summed E-state index contributed by atoms with van der Waals surface area (Å²) in [5.41, 5.74) is 0.982. The third kappa shape index (κ3) is 2.15. The largest absolute Gasteiger partial charge is 0.379 e. The zero-order valence-corrected chi connectivity index (χ0v) is 9.77. The van der Waals surface area contributed by atoms with E-state index in [9.17, 15) is 0 Å². The quantitative estimate of drug-likeness (QED) is 0.764. The second kappa shape index (κ2) is 4.40. The molecule has 14 heavy (non-hydrogen) atoms. The summed E-state index contributed by atoms with van der Waals surface area (Å²) in [6.45, 7) is 3.69. The Morgan fingerprint density at radius 1 is 1.71 bits per heavy atom. The standard InChI is InChI=1S/C9H14BrN3O/c1-7(10)9-5-13(12-11-9)8-3-2-4-14-6-8/h5,7-8H,2-4,6H2,1H3. The van der Waals surface area contributed by atoms with E-state index in [2.05, 4.69) is 26.2 Å². The Labute approximate surface area is 91.8 Å². The van der Waals surface area contributed by atoms with Gasteiger partial charge in [-0.05, 0) is 19.8 Å². The molecule has 0 bridgehead atoms. The zero-order chi connectivity index (χ0) is 9.97. The fraction of sp³-hybridized carbons (Fsp3) is 0.778. The molecule has 1 aromatic rings. The number of halogens is 1. The molecule has 1 aliphatic heterocycles. The molecule has 2 heterocycles. The molecule has 0 saturated carbocycles. The van der Waals surface area contributed by atoms with Crippen LogP contribution >= 0.6 is 15.9 Å². The number of ether oxygens (including phenoxy) is 1. The second-order valence-corrected chi connectivity index (χ2v) is 4.98. The lowest BCUT2D eigenvalue weighted by molar-refractivity contribution is 0.0543. The first-order chi connectivity index (χ1) is 6.77. The molecule has 0 spiro atoms. The molecule has 4 nitrogen and oxygen atoms in total. The minimum atomic E-state index is 0.265. The molecular weight excluding hydrogens is 246 g/mol. The maximum absolute atomic E-state index is 5.41.